The number of nitrogens with two attached hydrogens (primary N) is 1. The van der Waals surface area contributed by atoms with Crippen molar-refractivity contribution in [2.75, 3.05) is 0 Å². The van der Waals surface area contributed by atoms with Crippen molar-refractivity contribution in [1.82, 2.24) is 14.8 Å². The Hall–Kier alpha value is -1.23. The van der Waals surface area contributed by atoms with Crippen LogP contribution in [0.25, 0.3) is 0 Å². The Labute approximate surface area is 101 Å². The molecule has 2 rings (SSSR count). The van der Waals surface area contributed by atoms with Crippen molar-refractivity contribution in [2.24, 2.45) is 11.7 Å². The van der Waals surface area contributed by atoms with Crippen LogP contribution in [0.4, 0.5) is 0 Å². The van der Waals surface area contributed by atoms with E-state index in [-0.39, 0.29) is 11.8 Å². The van der Waals surface area contributed by atoms with Gasteiger partial charge in [-0.05, 0) is 25.2 Å². The standard InChI is InChI=1S/C12H20N4O/c1-2-5-16-12(14-8-15-16)7-10(17)6-11(13)9-3-4-9/h8-9,11H,2-7,13H2,1H3. The highest BCUT2D eigenvalue weighted by molar-refractivity contribution is 5.80. The van der Waals surface area contributed by atoms with Crippen LogP contribution in [0.5, 0.6) is 0 Å². The monoisotopic (exact) mass is 236 g/mol. The minimum Gasteiger partial charge on any atom is -0.327 e. The lowest BCUT2D eigenvalue weighted by atomic mass is 10.0. The summed E-state index contributed by atoms with van der Waals surface area (Å²) in [6.07, 6.45) is 5.70. The van der Waals surface area contributed by atoms with Gasteiger partial charge in [-0.1, -0.05) is 6.92 Å². The number of aromatic nitrogens is 3. The number of carbonyl (C=O) groups is 1. The molecule has 94 valence electrons. The van der Waals surface area contributed by atoms with Gasteiger partial charge in [0.2, 0.25) is 0 Å². The van der Waals surface area contributed by atoms with Crippen molar-refractivity contribution in [3.63, 3.8) is 0 Å². The number of hydrogen-bond acceptors (Lipinski definition) is 4. The zero-order valence-corrected chi connectivity index (χ0v) is 10.3. The van der Waals surface area contributed by atoms with E-state index < -0.39 is 0 Å². The normalized spacial score (nSPS) is 17.1. The number of hydrogen-bond donors (Lipinski definition) is 1. The van der Waals surface area contributed by atoms with Crippen molar-refractivity contribution >= 4 is 5.78 Å². The minimum atomic E-state index is 0.0463. The maximum atomic E-state index is 11.8. The zero-order valence-electron chi connectivity index (χ0n) is 10.3. The van der Waals surface area contributed by atoms with Gasteiger partial charge in [-0.15, -0.1) is 0 Å². The molecule has 1 saturated carbocycles. The predicted molar refractivity (Wildman–Crippen MR) is 64.3 cm³/mol. The molecule has 1 fully saturated rings. The van der Waals surface area contributed by atoms with Crippen molar-refractivity contribution in [3.05, 3.63) is 12.2 Å². The Morgan fingerprint density at radius 2 is 2.41 bits per heavy atom. The second kappa shape index (κ2) is 5.40. The van der Waals surface area contributed by atoms with E-state index in [9.17, 15) is 4.79 Å². The summed E-state index contributed by atoms with van der Waals surface area (Å²) in [5.41, 5.74) is 5.94. The highest BCUT2D eigenvalue weighted by Crippen LogP contribution is 2.32. The Morgan fingerprint density at radius 3 is 3.06 bits per heavy atom. The number of carbonyl (C=O) groups excluding carboxylic acids is 1. The van der Waals surface area contributed by atoms with E-state index in [1.165, 1.54) is 19.2 Å². The Morgan fingerprint density at radius 1 is 1.65 bits per heavy atom. The first kappa shape index (κ1) is 12.2. The van der Waals surface area contributed by atoms with Crippen LogP contribution in [-0.4, -0.2) is 26.6 Å². The highest BCUT2D eigenvalue weighted by atomic mass is 16.1. The molecule has 1 heterocycles. The van der Waals surface area contributed by atoms with Gasteiger partial charge in [0.25, 0.3) is 0 Å². The minimum absolute atomic E-state index is 0.0463. The number of nitrogens with zero attached hydrogens (tertiary/aromatic N) is 3. The quantitative estimate of drug-likeness (QED) is 0.764. The third-order valence-corrected chi connectivity index (χ3v) is 3.18. The van der Waals surface area contributed by atoms with Gasteiger partial charge in [0.1, 0.15) is 17.9 Å². The molecule has 0 spiro atoms. The van der Waals surface area contributed by atoms with Crippen LogP contribution in [0, 0.1) is 5.92 Å². The first-order valence-corrected chi connectivity index (χ1v) is 6.34. The third-order valence-electron chi connectivity index (χ3n) is 3.18. The molecule has 2 N–H and O–H groups in total. The second-order valence-corrected chi connectivity index (χ2v) is 4.82. The molecule has 0 aromatic carbocycles. The van der Waals surface area contributed by atoms with Gasteiger partial charge >= 0.3 is 0 Å². The Kier molecular flexibility index (Phi) is 3.89. The van der Waals surface area contributed by atoms with Crippen LogP contribution in [0.2, 0.25) is 0 Å². The van der Waals surface area contributed by atoms with E-state index in [0.717, 1.165) is 18.8 Å². The summed E-state index contributed by atoms with van der Waals surface area (Å²) in [4.78, 5) is 16.0. The lowest BCUT2D eigenvalue weighted by Crippen LogP contribution is -2.27. The van der Waals surface area contributed by atoms with Gasteiger partial charge in [0.05, 0.1) is 6.42 Å². The number of rotatable bonds is 7. The Bertz CT molecular complexity index is 384. The zero-order chi connectivity index (χ0) is 12.3. The maximum Gasteiger partial charge on any atom is 0.142 e. The van der Waals surface area contributed by atoms with Crippen molar-refractivity contribution < 1.29 is 4.79 Å². The van der Waals surface area contributed by atoms with Gasteiger partial charge in [-0.25, -0.2) is 9.67 Å². The number of aryl methyl sites for hydroxylation is 1. The van der Waals surface area contributed by atoms with Crippen molar-refractivity contribution in [3.8, 4) is 0 Å². The molecule has 1 aliphatic carbocycles. The van der Waals surface area contributed by atoms with E-state index in [1.54, 1.807) is 4.68 Å². The van der Waals surface area contributed by atoms with Crippen molar-refractivity contribution in [2.45, 2.75) is 51.6 Å². The van der Waals surface area contributed by atoms with Crippen LogP contribution < -0.4 is 5.73 Å². The fourth-order valence-corrected chi connectivity index (χ4v) is 2.03. The van der Waals surface area contributed by atoms with E-state index in [4.69, 9.17) is 5.73 Å². The molecule has 0 radical (unpaired) electrons. The van der Waals surface area contributed by atoms with Crippen LogP contribution in [0.15, 0.2) is 6.33 Å². The van der Waals surface area contributed by atoms with Gasteiger partial charge in [-0.2, -0.15) is 5.10 Å². The summed E-state index contributed by atoms with van der Waals surface area (Å²) in [7, 11) is 0. The van der Waals surface area contributed by atoms with Crippen molar-refractivity contribution in [1.29, 1.82) is 0 Å². The molecule has 0 saturated heterocycles. The van der Waals surface area contributed by atoms with Gasteiger partial charge in [0, 0.05) is 19.0 Å². The predicted octanol–water partition coefficient (Wildman–Crippen LogP) is 0.927. The van der Waals surface area contributed by atoms with Gasteiger partial charge in [-0.3, -0.25) is 4.79 Å². The number of Topliss-reactive ketones (excluding diaryl/α,β-unsaturated/α-hetero) is 1. The number of ketones is 1. The van der Waals surface area contributed by atoms with Crippen LogP contribution >= 0.6 is 0 Å². The molecular formula is C12H20N4O. The summed E-state index contributed by atoms with van der Waals surface area (Å²) in [5.74, 6) is 1.52. The molecule has 1 aromatic rings. The summed E-state index contributed by atoms with van der Waals surface area (Å²) < 4.78 is 1.81. The molecule has 5 nitrogen and oxygen atoms in total. The van der Waals surface area contributed by atoms with E-state index in [0.29, 0.717) is 18.8 Å². The molecule has 0 amide bonds. The molecule has 1 aromatic heterocycles. The summed E-state index contributed by atoms with van der Waals surface area (Å²) >= 11 is 0. The largest absolute Gasteiger partial charge is 0.327 e. The second-order valence-electron chi connectivity index (χ2n) is 4.82. The molecule has 1 unspecified atom stereocenters. The lowest BCUT2D eigenvalue weighted by molar-refractivity contribution is -0.119. The maximum absolute atomic E-state index is 11.8. The Balaban J connectivity index is 1.86. The first-order valence-electron chi connectivity index (χ1n) is 6.34. The average molecular weight is 236 g/mol. The lowest BCUT2D eigenvalue weighted by Gasteiger charge is -2.09. The topological polar surface area (TPSA) is 73.8 Å². The SMILES string of the molecule is CCCn1ncnc1CC(=O)CC(N)C1CC1. The van der Waals surface area contributed by atoms with E-state index in [2.05, 4.69) is 17.0 Å². The summed E-state index contributed by atoms with van der Waals surface area (Å²) in [6.45, 7) is 2.90. The van der Waals surface area contributed by atoms with Crippen LogP contribution in [0.1, 0.15) is 38.4 Å². The van der Waals surface area contributed by atoms with Gasteiger partial charge in [0.15, 0.2) is 0 Å². The molecule has 0 aliphatic heterocycles. The van der Waals surface area contributed by atoms with Crippen LogP contribution in [0.3, 0.4) is 0 Å². The van der Waals surface area contributed by atoms with Gasteiger partial charge < -0.3 is 5.73 Å². The summed E-state index contributed by atoms with van der Waals surface area (Å²) in [6, 6.07) is 0.0463. The molecular weight excluding hydrogens is 216 g/mol. The van der Waals surface area contributed by atoms with E-state index in [1.807, 2.05) is 0 Å². The smallest absolute Gasteiger partial charge is 0.142 e. The molecule has 5 heteroatoms. The van der Waals surface area contributed by atoms with Crippen LogP contribution in [-0.2, 0) is 17.8 Å². The highest BCUT2D eigenvalue weighted by Gasteiger charge is 2.29. The molecule has 1 atom stereocenters. The first-order chi connectivity index (χ1) is 8.20. The molecule has 1 aliphatic rings. The molecule has 0 bridgehead atoms. The average Bonchev–Trinajstić information content (AvgIpc) is 3.04. The van der Waals surface area contributed by atoms with E-state index >= 15 is 0 Å². The fourth-order valence-electron chi connectivity index (χ4n) is 2.03. The third kappa shape index (κ3) is 3.36. The fraction of sp³-hybridized carbons (Fsp3) is 0.750. The summed E-state index contributed by atoms with van der Waals surface area (Å²) in [5, 5.41) is 4.11. The molecule has 17 heavy (non-hydrogen) atoms.